The van der Waals surface area contributed by atoms with Crippen LogP contribution in [0.5, 0.6) is 0 Å². The van der Waals surface area contributed by atoms with Crippen molar-refractivity contribution < 1.29 is 9.72 Å². The zero-order valence-electron chi connectivity index (χ0n) is 21.4. The molecule has 1 fully saturated rings. The highest BCUT2D eigenvalue weighted by atomic mass is 32.2. The van der Waals surface area contributed by atoms with Crippen LogP contribution in [0.15, 0.2) is 66.7 Å². The van der Waals surface area contributed by atoms with Crippen LogP contribution in [0.3, 0.4) is 0 Å². The van der Waals surface area contributed by atoms with Crippen LogP contribution in [0.25, 0.3) is 10.8 Å². The van der Waals surface area contributed by atoms with Crippen LogP contribution in [0.1, 0.15) is 54.9 Å². The number of amides is 1. The van der Waals surface area contributed by atoms with Gasteiger partial charge in [0.15, 0.2) is 0 Å². The van der Waals surface area contributed by atoms with Crippen molar-refractivity contribution in [1.82, 2.24) is 10.2 Å². The number of nitrogens with one attached hydrogen (secondary N) is 1. The Morgan fingerprint density at radius 3 is 2.65 bits per heavy atom. The van der Waals surface area contributed by atoms with Gasteiger partial charge in [-0.15, -0.1) is 0 Å². The molecule has 3 aromatic carbocycles. The van der Waals surface area contributed by atoms with Gasteiger partial charge in [-0.1, -0.05) is 68.3 Å². The van der Waals surface area contributed by atoms with Crippen molar-refractivity contribution in [3.8, 4) is 0 Å². The van der Waals surface area contributed by atoms with E-state index in [2.05, 4.69) is 12.2 Å². The molecule has 1 aliphatic rings. The number of thioether (sulfide) groups is 1. The molecule has 37 heavy (non-hydrogen) atoms. The maximum Gasteiger partial charge on any atom is 0.269 e. The molecule has 7 nitrogen and oxygen atoms in total. The molecule has 0 spiro atoms. The SMILES string of the molecule is CCCC[C@]1(N)NCCN(C(=O)c2cccc3ccccc23)C1CCCSCc1ccc([N+](=O)[O-])cc1. The third-order valence-electron chi connectivity index (χ3n) is 7.18. The van der Waals surface area contributed by atoms with Crippen LogP contribution in [0.4, 0.5) is 5.69 Å². The lowest BCUT2D eigenvalue weighted by atomic mass is 9.87. The lowest BCUT2D eigenvalue weighted by molar-refractivity contribution is -0.384. The molecule has 2 atom stereocenters. The third kappa shape index (κ3) is 6.50. The first kappa shape index (κ1) is 27.1. The van der Waals surface area contributed by atoms with Gasteiger partial charge < -0.3 is 10.6 Å². The van der Waals surface area contributed by atoms with Gasteiger partial charge in [-0.3, -0.25) is 20.2 Å². The Morgan fingerprint density at radius 2 is 1.89 bits per heavy atom. The van der Waals surface area contributed by atoms with Crippen molar-refractivity contribution in [3.05, 3.63) is 88.0 Å². The topological polar surface area (TPSA) is 102 Å². The first-order chi connectivity index (χ1) is 17.9. The number of piperazine rings is 1. The molecule has 0 aromatic heterocycles. The van der Waals surface area contributed by atoms with Crippen molar-refractivity contribution >= 4 is 34.1 Å². The number of rotatable bonds is 11. The van der Waals surface area contributed by atoms with E-state index in [9.17, 15) is 14.9 Å². The monoisotopic (exact) mass is 520 g/mol. The minimum atomic E-state index is -0.614. The molecule has 196 valence electrons. The molecule has 1 heterocycles. The predicted molar refractivity (Wildman–Crippen MR) is 152 cm³/mol. The molecule has 0 saturated carbocycles. The van der Waals surface area contributed by atoms with Crippen LogP contribution in [-0.4, -0.2) is 46.3 Å². The molecule has 0 radical (unpaired) electrons. The molecule has 4 rings (SSSR count). The van der Waals surface area contributed by atoms with Crippen molar-refractivity contribution in [1.29, 1.82) is 0 Å². The van der Waals surface area contributed by atoms with Gasteiger partial charge in [0.2, 0.25) is 0 Å². The number of nitro groups is 1. The summed E-state index contributed by atoms with van der Waals surface area (Å²) >= 11 is 1.80. The van der Waals surface area contributed by atoms with Crippen LogP contribution in [0.2, 0.25) is 0 Å². The summed E-state index contributed by atoms with van der Waals surface area (Å²) < 4.78 is 0. The van der Waals surface area contributed by atoms with Crippen molar-refractivity contribution in [3.63, 3.8) is 0 Å². The number of nitro benzene ring substituents is 1. The van der Waals surface area contributed by atoms with Gasteiger partial charge in [0.1, 0.15) is 0 Å². The maximum atomic E-state index is 13.9. The first-order valence-corrected chi connectivity index (χ1v) is 14.2. The number of hydrogen-bond acceptors (Lipinski definition) is 6. The first-order valence-electron chi connectivity index (χ1n) is 13.1. The molecule has 0 aliphatic carbocycles. The Hall–Kier alpha value is -2.94. The molecular weight excluding hydrogens is 484 g/mol. The van der Waals surface area contributed by atoms with Gasteiger partial charge in [-0.05, 0) is 47.4 Å². The van der Waals surface area contributed by atoms with E-state index in [1.165, 1.54) is 0 Å². The Labute approximate surface area is 222 Å². The van der Waals surface area contributed by atoms with E-state index in [0.717, 1.165) is 65.5 Å². The Kier molecular flexibility index (Phi) is 9.18. The highest BCUT2D eigenvalue weighted by molar-refractivity contribution is 7.98. The van der Waals surface area contributed by atoms with Crippen molar-refractivity contribution in [2.45, 2.75) is 56.5 Å². The maximum absolute atomic E-state index is 13.9. The largest absolute Gasteiger partial charge is 0.331 e. The van der Waals surface area contributed by atoms with E-state index in [4.69, 9.17) is 5.73 Å². The number of hydrogen-bond donors (Lipinski definition) is 2. The van der Waals surface area contributed by atoms with Gasteiger partial charge in [0.05, 0.1) is 16.6 Å². The summed E-state index contributed by atoms with van der Waals surface area (Å²) in [6.45, 7) is 3.48. The molecular formula is C29H36N4O3S. The van der Waals surface area contributed by atoms with Gasteiger partial charge in [-0.25, -0.2) is 0 Å². The molecule has 1 aliphatic heterocycles. The molecule has 1 amide bonds. The second kappa shape index (κ2) is 12.5. The number of carbonyl (C=O) groups is 1. The minimum Gasteiger partial charge on any atom is -0.331 e. The van der Waals surface area contributed by atoms with Crippen LogP contribution < -0.4 is 11.1 Å². The molecule has 1 saturated heterocycles. The zero-order valence-corrected chi connectivity index (χ0v) is 22.2. The van der Waals surface area contributed by atoms with E-state index in [-0.39, 0.29) is 22.6 Å². The van der Waals surface area contributed by atoms with Gasteiger partial charge >= 0.3 is 0 Å². The summed E-state index contributed by atoms with van der Waals surface area (Å²) in [6, 6.07) is 20.6. The molecule has 3 aromatic rings. The summed E-state index contributed by atoms with van der Waals surface area (Å²) in [5.41, 5.74) is 8.28. The average molecular weight is 521 g/mol. The Morgan fingerprint density at radius 1 is 1.14 bits per heavy atom. The summed E-state index contributed by atoms with van der Waals surface area (Å²) in [6.07, 6.45) is 4.62. The highest BCUT2D eigenvalue weighted by Crippen LogP contribution is 2.29. The minimum absolute atomic E-state index is 0.0492. The van der Waals surface area contributed by atoms with Crippen LogP contribution in [0, 0.1) is 10.1 Å². The molecule has 0 bridgehead atoms. The van der Waals surface area contributed by atoms with Crippen molar-refractivity contribution in [2.75, 3.05) is 18.8 Å². The summed E-state index contributed by atoms with van der Waals surface area (Å²) in [5.74, 6) is 1.77. The standard InChI is InChI=1S/C29H36N4O3S/c1-2-3-17-29(30)27(12-7-20-37-21-22-13-15-24(16-14-22)33(35)36)32(19-18-31-29)28(34)26-11-6-9-23-8-4-5-10-25(23)26/h4-6,8-11,13-16,27,31H,2-3,7,12,17-21,30H2,1H3/t27?,29-/m0/s1. The number of unbranched alkanes of at least 4 members (excludes halogenated alkanes) is 1. The van der Waals surface area contributed by atoms with E-state index in [1.807, 2.05) is 59.5 Å². The quantitative estimate of drug-likeness (QED) is 0.190. The number of non-ortho nitro benzene ring substituents is 1. The second-order valence-corrected chi connectivity index (χ2v) is 10.8. The number of nitrogens with zero attached hydrogens (tertiary/aromatic N) is 2. The Bertz CT molecular complexity index is 1210. The third-order valence-corrected chi connectivity index (χ3v) is 8.30. The fourth-order valence-electron chi connectivity index (χ4n) is 5.19. The van der Waals surface area contributed by atoms with Gasteiger partial charge in [0.25, 0.3) is 11.6 Å². The number of carbonyl (C=O) groups excluding carboxylic acids is 1. The summed E-state index contributed by atoms with van der Waals surface area (Å²) in [7, 11) is 0. The van der Waals surface area contributed by atoms with E-state index < -0.39 is 5.66 Å². The molecule has 3 N–H and O–H groups in total. The predicted octanol–water partition coefficient (Wildman–Crippen LogP) is 5.72. The Balaban J connectivity index is 1.45. The molecule has 1 unspecified atom stereocenters. The van der Waals surface area contributed by atoms with Gasteiger partial charge in [-0.2, -0.15) is 11.8 Å². The van der Waals surface area contributed by atoms with E-state index in [0.29, 0.717) is 13.1 Å². The van der Waals surface area contributed by atoms with Crippen LogP contribution in [-0.2, 0) is 5.75 Å². The van der Waals surface area contributed by atoms with E-state index in [1.54, 1.807) is 23.9 Å². The summed E-state index contributed by atoms with van der Waals surface area (Å²) in [5, 5.41) is 16.5. The van der Waals surface area contributed by atoms with Crippen molar-refractivity contribution in [2.24, 2.45) is 5.73 Å². The number of fused-ring (bicyclic) bond motifs is 1. The number of benzene rings is 3. The average Bonchev–Trinajstić information content (AvgIpc) is 2.92. The second-order valence-electron chi connectivity index (χ2n) is 9.73. The zero-order chi connectivity index (χ0) is 26.3. The normalized spacial score (nSPS) is 19.7. The lowest BCUT2D eigenvalue weighted by Crippen LogP contribution is -2.72. The fourth-order valence-corrected chi connectivity index (χ4v) is 6.13. The van der Waals surface area contributed by atoms with E-state index >= 15 is 0 Å². The summed E-state index contributed by atoms with van der Waals surface area (Å²) in [4.78, 5) is 26.4. The highest BCUT2D eigenvalue weighted by Gasteiger charge is 2.43. The fraction of sp³-hybridized carbons (Fsp3) is 0.414. The lowest BCUT2D eigenvalue weighted by Gasteiger charge is -2.49. The number of nitrogens with two attached hydrogens (primary N) is 1. The van der Waals surface area contributed by atoms with Gasteiger partial charge in [0, 0.05) is 36.5 Å². The molecule has 8 heteroatoms. The smallest absolute Gasteiger partial charge is 0.269 e. The van der Waals surface area contributed by atoms with Crippen LogP contribution >= 0.6 is 11.8 Å².